The summed E-state index contributed by atoms with van der Waals surface area (Å²) in [5, 5.41) is 11.8. The topological polar surface area (TPSA) is 113 Å². The molecular weight excluding hydrogens is 442 g/mol. The summed E-state index contributed by atoms with van der Waals surface area (Å²) >= 11 is 0. The summed E-state index contributed by atoms with van der Waals surface area (Å²) < 4.78 is 0. The maximum atomic E-state index is 11.7. The van der Waals surface area contributed by atoms with Gasteiger partial charge in [0.1, 0.15) is 5.52 Å². The molecule has 1 saturated heterocycles. The molecule has 0 unspecified atom stereocenters. The lowest BCUT2D eigenvalue weighted by Crippen LogP contribution is -2.48. The minimum absolute atomic E-state index is 0.0899. The Morgan fingerprint density at radius 1 is 0.914 bits per heavy atom. The van der Waals surface area contributed by atoms with E-state index in [2.05, 4.69) is 25.4 Å². The van der Waals surface area contributed by atoms with E-state index in [4.69, 9.17) is 15.0 Å². The highest BCUT2D eigenvalue weighted by molar-refractivity contribution is 5.88. The van der Waals surface area contributed by atoms with Crippen molar-refractivity contribution in [3.63, 3.8) is 0 Å². The summed E-state index contributed by atoms with van der Waals surface area (Å²) in [6, 6.07) is 11.7. The van der Waals surface area contributed by atoms with Crippen molar-refractivity contribution in [1.82, 2.24) is 35.0 Å². The van der Waals surface area contributed by atoms with Gasteiger partial charge in [-0.25, -0.2) is 9.97 Å². The number of carbonyl (C=O) groups excluding carboxylic acids is 1. The van der Waals surface area contributed by atoms with E-state index >= 15 is 0 Å². The van der Waals surface area contributed by atoms with Crippen LogP contribution in [0.3, 0.4) is 0 Å². The Kier molecular flexibility index (Phi) is 6.17. The zero-order valence-electron chi connectivity index (χ0n) is 20.1. The van der Waals surface area contributed by atoms with E-state index in [1.165, 1.54) is 0 Å². The normalized spacial score (nSPS) is 13.8. The van der Waals surface area contributed by atoms with Gasteiger partial charge in [-0.3, -0.25) is 9.78 Å². The maximum Gasteiger partial charge on any atom is 0.228 e. The second-order valence-corrected chi connectivity index (χ2v) is 8.67. The molecule has 1 amide bonds. The Labute approximate surface area is 203 Å². The first-order valence-corrected chi connectivity index (χ1v) is 11.6. The van der Waals surface area contributed by atoms with Gasteiger partial charge in [0.2, 0.25) is 11.9 Å². The number of fused-ring (bicyclic) bond motifs is 1. The molecule has 4 aromatic rings. The van der Waals surface area contributed by atoms with Gasteiger partial charge in [-0.05, 0) is 49.7 Å². The third kappa shape index (κ3) is 5.01. The van der Waals surface area contributed by atoms with Crippen LogP contribution in [0, 0.1) is 13.8 Å². The highest BCUT2D eigenvalue weighted by Gasteiger charge is 2.22. The molecule has 10 heteroatoms. The molecule has 178 valence electrons. The average molecular weight is 470 g/mol. The fourth-order valence-corrected chi connectivity index (χ4v) is 3.95. The van der Waals surface area contributed by atoms with Crippen molar-refractivity contribution in [3.8, 4) is 11.4 Å². The lowest BCUT2D eigenvalue weighted by atomic mass is 10.2. The van der Waals surface area contributed by atoms with Gasteiger partial charge in [-0.2, -0.15) is 15.2 Å². The first-order valence-electron chi connectivity index (χ1n) is 11.6. The number of nitrogens with zero attached hydrogens (tertiary/aromatic N) is 8. The predicted molar refractivity (Wildman–Crippen MR) is 134 cm³/mol. The van der Waals surface area contributed by atoms with Gasteiger partial charge in [0, 0.05) is 39.3 Å². The van der Waals surface area contributed by atoms with Crippen molar-refractivity contribution in [1.29, 1.82) is 0 Å². The molecule has 0 bridgehead atoms. The highest BCUT2D eigenvalue weighted by Crippen LogP contribution is 2.26. The Hall–Kier alpha value is -4.21. The molecule has 1 fully saturated rings. The molecule has 5 heterocycles. The second kappa shape index (κ2) is 9.57. The summed E-state index contributed by atoms with van der Waals surface area (Å²) in [7, 11) is 0. The van der Waals surface area contributed by atoms with Crippen molar-refractivity contribution in [2.75, 3.05) is 36.4 Å². The van der Waals surface area contributed by atoms with E-state index in [1.54, 1.807) is 6.92 Å². The molecule has 5 rings (SSSR count). The van der Waals surface area contributed by atoms with E-state index in [1.807, 2.05) is 61.3 Å². The van der Waals surface area contributed by atoms with Crippen molar-refractivity contribution in [2.24, 2.45) is 0 Å². The zero-order valence-corrected chi connectivity index (χ0v) is 20.1. The number of anilines is 2. The Morgan fingerprint density at radius 3 is 2.40 bits per heavy atom. The van der Waals surface area contributed by atoms with Gasteiger partial charge in [0.15, 0.2) is 5.82 Å². The molecule has 0 spiro atoms. The number of hydrogen-bond donors (Lipinski definition) is 1. The van der Waals surface area contributed by atoms with Crippen molar-refractivity contribution in [2.45, 2.75) is 27.3 Å². The van der Waals surface area contributed by atoms with Gasteiger partial charge in [-0.15, -0.1) is 0 Å². The first-order chi connectivity index (χ1) is 17.0. The highest BCUT2D eigenvalue weighted by atomic mass is 16.2. The third-order valence-electron chi connectivity index (χ3n) is 6.00. The molecule has 10 nitrogen and oxygen atoms in total. The Balaban J connectivity index is 1.50. The molecule has 1 N–H and O–H groups in total. The predicted octanol–water partition coefficient (Wildman–Crippen LogP) is 2.77. The molecular formula is C25H27N9O. The minimum Gasteiger partial charge on any atom is -0.362 e. The van der Waals surface area contributed by atoms with Crippen LogP contribution in [0.5, 0.6) is 0 Å². The van der Waals surface area contributed by atoms with Crippen molar-refractivity contribution in [3.05, 3.63) is 59.5 Å². The molecule has 0 radical (unpaired) electrons. The number of aryl methyl sites for hydroxylation is 2. The van der Waals surface area contributed by atoms with Gasteiger partial charge in [-0.1, -0.05) is 6.07 Å². The fourth-order valence-electron chi connectivity index (χ4n) is 3.95. The summed E-state index contributed by atoms with van der Waals surface area (Å²) in [4.78, 5) is 34.7. The van der Waals surface area contributed by atoms with Crippen LogP contribution in [-0.2, 0) is 11.3 Å². The largest absolute Gasteiger partial charge is 0.362 e. The number of piperazine rings is 1. The molecule has 0 aromatic carbocycles. The molecule has 35 heavy (non-hydrogen) atoms. The summed E-state index contributed by atoms with van der Waals surface area (Å²) in [6.07, 6.45) is 1.83. The summed E-state index contributed by atoms with van der Waals surface area (Å²) in [5.74, 6) is 1.32. The number of pyridine rings is 2. The van der Waals surface area contributed by atoms with Crippen LogP contribution in [0.15, 0.2) is 42.6 Å². The average Bonchev–Trinajstić information content (AvgIpc) is 2.88. The SMILES string of the molecule is CC(=O)N1CCN(c2nc(NCc3ccc(C)nn3)c3nc(-c4ccc(C)cn4)ccc3n2)CC1. The Bertz CT molecular complexity index is 1350. The molecule has 1 aliphatic heterocycles. The lowest BCUT2D eigenvalue weighted by molar-refractivity contribution is -0.129. The van der Waals surface area contributed by atoms with E-state index in [9.17, 15) is 4.79 Å². The standard InChI is InChI=1S/C25H27N9O/c1-16-4-7-20(26-14-16)21-8-9-22-23(28-21)24(27-15-19-6-5-17(2)31-32-19)30-25(29-22)34-12-10-33(11-13-34)18(3)35/h4-9,14H,10-13,15H2,1-3H3,(H,27,29,30). The second-order valence-electron chi connectivity index (χ2n) is 8.67. The molecule has 1 aliphatic rings. The number of carbonyl (C=O) groups is 1. The van der Waals surface area contributed by atoms with Crippen LogP contribution in [0.25, 0.3) is 22.4 Å². The van der Waals surface area contributed by atoms with Crippen LogP contribution >= 0.6 is 0 Å². The van der Waals surface area contributed by atoms with Crippen LogP contribution in [0.1, 0.15) is 23.9 Å². The summed E-state index contributed by atoms with van der Waals surface area (Å²) in [5.41, 5.74) is 5.70. The van der Waals surface area contributed by atoms with Gasteiger partial charge in [0.05, 0.1) is 34.8 Å². The van der Waals surface area contributed by atoms with Gasteiger partial charge in [0.25, 0.3) is 0 Å². The zero-order chi connectivity index (χ0) is 24.4. The van der Waals surface area contributed by atoms with E-state index in [0.717, 1.165) is 33.9 Å². The molecule has 0 saturated carbocycles. The maximum absolute atomic E-state index is 11.7. The van der Waals surface area contributed by atoms with Gasteiger partial charge >= 0.3 is 0 Å². The van der Waals surface area contributed by atoms with Crippen LogP contribution in [-0.4, -0.2) is 67.1 Å². The molecule has 4 aromatic heterocycles. The smallest absolute Gasteiger partial charge is 0.228 e. The van der Waals surface area contributed by atoms with Crippen LogP contribution in [0.4, 0.5) is 11.8 Å². The van der Waals surface area contributed by atoms with E-state index in [0.29, 0.717) is 50.0 Å². The van der Waals surface area contributed by atoms with Crippen molar-refractivity contribution < 1.29 is 4.79 Å². The lowest BCUT2D eigenvalue weighted by Gasteiger charge is -2.34. The fraction of sp³-hybridized carbons (Fsp3) is 0.320. The number of amides is 1. The van der Waals surface area contributed by atoms with E-state index in [-0.39, 0.29) is 5.91 Å². The summed E-state index contributed by atoms with van der Waals surface area (Å²) in [6.45, 7) is 8.61. The molecule has 0 aliphatic carbocycles. The number of aromatic nitrogens is 6. The monoisotopic (exact) mass is 469 g/mol. The van der Waals surface area contributed by atoms with Crippen LogP contribution in [0.2, 0.25) is 0 Å². The first kappa shape index (κ1) is 22.6. The number of hydrogen-bond acceptors (Lipinski definition) is 9. The number of rotatable bonds is 5. The van der Waals surface area contributed by atoms with E-state index < -0.39 is 0 Å². The quantitative estimate of drug-likeness (QED) is 0.471. The van der Waals surface area contributed by atoms with Gasteiger partial charge < -0.3 is 15.1 Å². The molecule has 0 atom stereocenters. The number of nitrogens with one attached hydrogen (secondary N) is 1. The Morgan fingerprint density at radius 2 is 1.71 bits per heavy atom. The van der Waals surface area contributed by atoms with Crippen LogP contribution < -0.4 is 10.2 Å². The van der Waals surface area contributed by atoms with Crippen molar-refractivity contribution >= 4 is 28.7 Å². The minimum atomic E-state index is 0.0899. The third-order valence-corrected chi connectivity index (χ3v) is 6.00.